The molecule has 0 unspecified atom stereocenters. The molecule has 10 heteroatoms. The van der Waals surface area contributed by atoms with Crippen molar-refractivity contribution in [1.29, 1.82) is 0 Å². The summed E-state index contributed by atoms with van der Waals surface area (Å²) in [6.07, 6.45) is 0. The lowest BCUT2D eigenvalue weighted by atomic mass is 9.93. The summed E-state index contributed by atoms with van der Waals surface area (Å²) in [5, 5.41) is 0. The third-order valence-corrected chi connectivity index (χ3v) is 8.11. The number of aryl methyl sites for hydroxylation is 1. The van der Waals surface area contributed by atoms with Crippen molar-refractivity contribution in [2.45, 2.75) is 25.0 Å². The second kappa shape index (κ2) is 9.84. The van der Waals surface area contributed by atoms with E-state index in [1.54, 1.807) is 43.4 Å². The van der Waals surface area contributed by atoms with Gasteiger partial charge in [0.2, 0.25) is 0 Å². The zero-order valence-electron chi connectivity index (χ0n) is 21.3. The Kier molecular flexibility index (Phi) is 6.47. The van der Waals surface area contributed by atoms with Crippen molar-refractivity contribution >= 4 is 38.6 Å². The lowest BCUT2D eigenvalue weighted by molar-refractivity contribution is 0.0420. The standard InChI is InChI=1S/C29H25BrF2N4O3/c1-16-13-36-21(14-35(16)26(17-3-7-19(31)8-4-17)18-5-9-20(32)10-6-18)15-39-29(38)24-27(36)25-22(34(2)28(24)37)11-12-23(30)33-25/h3-12,16,21,26H,13-15H2,1-2H3/t16-,21-/m1/s1. The van der Waals surface area contributed by atoms with E-state index in [0.717, 1.165) is 11.1 Å². The van der Waals surface area contributed by atoms with Crippen LogP contribution >= 0.6 is 15.9 Å². The summed E-state index contributed by atoms with van der Waals surface area (Å²) >= 11 is 3.43. The van der Waals surface area contributed by atoms with Crippen LogP contribution in [0, 0.1) is 11.6 Å². The molecule has 0 N–H and O–H groups in total. The van der Waals surface area contributed by atoms with Gasteiger partial charge in [-0.2, -0.15) is 0 Å². The molecule has 39 heavy (non-hydrogen) atoms. The number of hydrogen-bond donors (Lipinski definition) is 0. The molecule has 1 fully saturated rings. The molecule has 2 aromatic heterocycles. The highest BCUT2D eigenvalue weighted by Crippen LogP contribution is 2.38. The van der Waals surface area contributed by atoms with Crippen LogP contribution in [-0.4, -0.2) is 52.2 Å². The summed E-state index contributed by atoms with van der Waals surface area (Å²) in [4.78, 5) is 35.5. The fourth-order valence-electron chi connectivity index (χ4n) is 5.78. The largest absolute Gasteiger partial charge is 0.460 e. The van der Waals surface area contributed by atoms with Crippen LogP contribution in [0.2, 0.25) is 0 Å². The van der Waals surface area contributed by atoms with E-state index in [1.165, 1.54) is 28.8 Å². The minimum Gasteiger partial charge on any atom is -0.460 e. The van der Waals surface area contributed by atoms with Crippen molar-refractivity contribution in [2.75, 3.05) is 24.6 Å². The zero-order valence-corrected chi connectivity index (χ0v) is 22.9. The van der Waals surface area contributed by atoms with Gasteiger partial charge in [0, 0.05) is 26.2 Å². The summed E-state index contributed by atoms with van der Waals surface area (Å²) in [5.41, 5.74) is 2.90. The number of carbonyl (C=O) groups is 1. The van der Waals surface area contributed by atoms with Crippen molar-refractivity contribution in [1.82, 2.24) is 14.5 Å². The normalized spacial score (nSPS) is 19.5. The van der Waals surface area contributed by atoms with E-state index in [9.17, 15) is 18.4 Å². The van der Waals surface area contributed by atoms with E-state index in [4.69, 9.17) is 4.74 Å². The first-order chi connectivity index (χ1) is 18.7. The van der Waals surface area contributed by atoms with Gasteiger partial charge in [0.15, 0.2) is 5.56 Å². The summed E-state index contributed by atoms with van der Waals surface area (Å²) in [6, 6.07) is 15.5. The quantitative estimate of drug-likeness (QED) is 0.250. The molecule has 4 heterocycles. The lowest BCUT2D eigenvalue weighted by Crippen LogP contribution is -2.59. The molecule has 2 aliphatic rings. The molecule has 0 aliphatic carbocycles. The van der Waals surface area contributed by atoms with Crippen molar-refractivity contribution in [3.8, 4) is 0 Å². The van der Waals surface area contributed by atoms with E-state index < -0.39 is 11.5 Å². The van der Waals surface area contributed by atoms with Crippen molar-refractivity contribution in [2.24, 2.45) is 7.05 Å². The van der Waals surface area contributed by atoms with Gasteiger partial charge in [-0.1, -0.05) is 24.3 Å². The minimum absolute atomic E-state index is 0.0210. The van der Waals surface area contributed by atoms with E-state index in [0.29, 0.717) is 34.4 Å². The van der Waals surface area contributed by atoms with Gasteiger partial charge < -0.3 is 14.2 Å². The number of rotatable bonds is 3. The number of carbonyl (C=O) groups excluding carboxylic acids is 1. The molecule has 1 saturated heterocycles. The Labute approximate surface area is 231 Å². The van der Waals surface area contributed by atoms with Gasteiger partial charge in [0.05, 0.1) is 23.3 Å². The molecule has 4 aromatic rings. The zero-order chi connectivity index (χ0) is 27.4. The molecule has 0 bridgehead atoms. The number of benzene rings is 2. The number of esters is 1. The summed E-state index contributed by atoms with van der Waals surface area (Å²) in [6.45, 7) is 3.09. The smallest absolute Gasteiger partial charge is 0.346 e. The first kappa shape index (κ1) is 25.6. The van der Waals surface area contributed by atoms with E-state index in [1.807, 2.05) is 0 Å². The predicted octanol–water partition coefficient (Wildman–Crippen LogP) is 4.81. The highest BCUT2D eigenvalue weighted by atomic mass is 79.9. The van der Waals surface area contributed by atoms with Gasteiger partial charge in [-0.05, 0) is 70.4 Å². The van der Waals surface area contributed by atoms with Crippen LogP contribution in [0.25, 0.3) is 11.0 Å². The average Bonchev–Trinajstić information content (AvgIpc) is 3.06. The molecular formula is C29H25BrF2N4O3. The third kappa shape index (κ3) is 4.41. The van der Waals surface area contributed by atoms with Crippen LogP contribution in [0.4, 0.5) is 14.5 Å². The highest BCUT2D eigenvalue weighted by Gasteiger charge is 2.42. The van der Waals surface area contributed by atoms with E-state index in [2.05, 4.69) is 37.6 Å². The molecule has 0 spiro atoms. The molecule has 2 atom stereocenters. The number of hydrogen-bond acceptors (Lipinski definition) is 6. The molecule has 6 rings (SSSR count). The van der Waals surface area contributed by atoms with Gasteiger partial charge in [0.1, 0.15) is 28.4 Å². The number of nitrogens with zero attached hydrogens (tertiary/aromatic N) is 4. The maximum atomic E-state index is 13.8. The fourth-order valence-corrected chi connectivity index (χ4v) is 6.09. The maximum absolute atomic E-state index is 13.8. The van der Waals surface area contributed by atoms with E-state index in [-0.39, 0.29) is 41.9 Å². The van der Waals surface area contributed by atoms with Gasteiger partial charge >= 0.3 is 5.97 Å². The summed E-state index contributed by atoms with van der Waals surface area (Å²) < 4.78 is 35.3. The minimum atomic E-state index is -0.670. The van der Waals surface area contributed by atoms with Crippen LogP contribution in [0.1, 0.15) is 34.5 Å². The molecule has 2 aliphatic heterocycles. The van der Waals surface area contributed by atoms with Crippen LogP contribution in [0.15, 0.2) is 70.1 Å². The molecule has 0 radical (unpaired) electrons. The Balaban J connectivity index is 1.47. The first-order valence-electron chi connectivity index (χ1n) is 12.6. The number of pyridine rings is 2. The monoisotopic (exact) mass is 594 g/mol. The van der Waals surface area contributed by atoms with Crippen LogP contribution in [0.3, 0.4) is 0 Å². The summed E-state index contributed by atoms with van der Waals surface area (Å²) in [7, 11) is 1.62. The van der Waals surface area contributed by atoms with Crippen LogP contribution in [0.5, 0.6) is 0 Å². The average molecular weight is 595 g/mol. The molecule has 0 saturated carbocycles. The van der Waals surface area contributed by atoms with Crippen LogP contribution < -0.4 is 10.5 Å². The van der Waals surface area contributed by atoms with Crippen LogP contribution in [-0.2, 0) is 11.8 Å². The lowest BCUT2D eigenvalue weighted by Gasteiger charge is -2.48. The van der Waals surface area contributed by atoms with Gasteiger partial charge in [-0.25, -0.2) is 18.6 Å². The SMILES string of the molecule is C[C@@H]1CN2c3c(c(=O)n(C)c4ccc(Br)nc34)C(=O)OC[C@H]2CN1C(c1ccc(F)cc1)c1ccc(F)cc1. The molecule has 200 valence electrons. The molecule has 0 amide bonds. The fraction of sp³-hybridized carbons (Fsp3) is 0.276. The molecule has 2 aromatic carbocycles. The Hall–Kier alpha value is -3.63. The summed E-state index contributed by atoms with van der Waals surface area (Å²) in [5.74, 6) is -1.35. The van der Waals surface area contributed by atoms with Crippen molar-refractivity contribution in [3.05, 3.63) is 104 Å². The second-order valence-corrected chi connectivity index (χ2v) is 10.9. The number of piperazine rings is 1. The third-order valence-electron chi connectivity index (χ3n) is 7.67. The second-order valence-electron chi connectivity index (χ2n) is 10.0. The Morgan fingerprint density at radius 2 is 1.56 bits per heavy atom. The Bertz CT molecular complexity index is 1600. The number of aromatic nitrogens is 2. The number of halogens is 3. The predicted molar refractivity (Wildman–Crippen MR) is 147 cm³/mol. The number of cyclic esters (lactones) is 1. The highest BCUT2D eigenvalue weighted by molar-refractivity contribution is 9.10. The van der Waals surface area contributed by atoms with E-state index >= 15 is 0 Å². The van der Waals surface area contributed by atoms with Crippen molar-refractivity contribution < 1.29 is 18.3 Å². The van der Waals surface area contributed by atoms with Gasteiger partial charge in [-0.15, -0.1) is 0 Å². The van der Waals surface area contributed by atoms with Gasteiger partial charge in [-0.3, -0.25) is 9.69 Å². The maximum Gasteiger partial charge on any atom is 0.346 e. The Morgan fingerprint density at radius 3 is 2.18 bits per heavy atom. The molecule has 7 nitrogen and oxygen atoms in total. The number of ether oxygens (including phenoxy) is 1. The van der Waals surface area contributed by atoms with Crippen molar-refractivity contribution in [3.63, 3.8) is 0 Å². The number of anilines is 1. The topological polar surface area (TPSA) is 67.7 Å². The molecular weight excluding hydrogens is 570 g/mol. The van der Waals surface area contributed by atoms with Gasteiger partial charge in [0.25, 0.3) is 5.56 Å². The first-order valence-corrected chi connectivity index (χ1v) is 13.4. The number of fused-ring (bicyclic) bond motifs is 5. The Morgan fingerprint density at radius 1 is 0.949 bits per heavy atom.